The van der Waals surface area contributed by atoms with E-state index in [1.807, 2.05) is 12.1 Å². The Hall–Kier alpha value is -2.53. The minimum absolute atomic E-state index is 0.131. The smallest absolute Gasteiger partial charge is 0.291 e. The Morgan fingerprint density at radius 2 is 1.85 bits per heavy atom. The number of carbonyl (C=O) groups is 2. The molecule has 0 unspecified atom stereocenters. The molecule has 0 aliphatic heterocycles. The van der Waals surface area contributed by atoms with Crippen LogP contribution < -0.4 is 10.6 Å². The summed E-state index contributed by atoms with van der Waals surface area (Å²) in [6.45, 7) is 0. The van der Waals surface area contributed by atoms with Gasteiger partial charge in [-0.3, -0.25) is 9.59 Å². The van der Waals surface area contributed by atoms with Crippen molar-refractivity contribution in [2.45, 2.75) is 38.1 Å². The summed E-state index contributed by atoms with van der Waals surface area (Å²) in [5, 5.41) is 6.16. The molecule has 0 saturated heterocycles. The maximum Gasteiger partial charge on any atom is 0.291 e. The largest absolute Gasteiger partial charge is 0.459 e. The summed E-state index contributed by atoms with van der Waals surface area (Å²) >= 11 is 6.19. The number of carbonyl (C=O) groups excluding carboxylic acids is 2. The van der Waals surface area contributed by atoms with Gasteiger partial charge in [-0.05, 0) is 42.7 Å². The summed E-state index contributed by atoms with van der Waals surface area (Å²) in [6, 6.07) is 10.4. The van der Waals surface area contributed by atoms with E-state index in [9.17, 15) is 9.59 Å². The van der Waals surface area contributed by atoms with Crippen LogP contribution in [0.25, 0.3) is 6.08 Å². The van der Waals surface area contributed by atoms with Gasteiger partial charge < -0.3 is 15.1 Å². The monoisotopic (exact) mass is 372 g/mol. The molecule has 2 aromatic rings. The molecule has 1 fully saturated rings. The molecule has 2 N–H and O–H groups in total. The minimum Gasteiger partial charge on any atom is -0.459 e. The van der Waals surface area contributed by atoms with Crippen LogP contribution in [0.3, 0.4) is 0 Å². The summed E-state index contributed by atoms with van der Waals surface area (Å²) in [6.07, 6.45) is 8.31. The Morgan fingerprint density at radius 3 is 2.54 bits per heavy atom. The van der Waals surface area contributed by atoms with E-state index in [0.29, 0.717) is 10.6 Å². The van der Waals surface area contributed by atoms with E-state index >= 15 is 0 Å². The van der Waals surface area contributed by atoms with Crippen LogP contribution in [0.2, 0.25) is 5.02 Å². The second-order valence-corrected chi connectivity index (χ2v) is 6.73. The third-order valence-corrected chi connectivity index (χ3v) is 4.73. The molecule has 1 aromatic heterocycles. The van der Waals surface area contributed by atoms with E-state index in [-0.39, 0.29) is 23.4 Å². The van der Waals surface area contributed by atoms with Crippen molar-refractivity contribution in [2.75, 3.05) is 0 Å². The van der Waals surface area contributed by atoms with E-state index in [2.05, 4.69) is 10.6 Å². The van der Waals surface area contributed by atoms with Crippen LogP contribution in [0.5, 0.6) is 0 Å². The fraction of sp³-hybridized carbons (Fsp3) is 0.300. The van der Waals surface area contributed by atoms with Crippen LogP contribution in [0.15, 0.2) is 52.8 Å². The van der Waals surface area contributed by atoms with Gasteiger partial charge in [-0.15, -0.1) is 0 Å². The highest BCUT2D eigenvalue weighted by Crippen LogP contribution is 2.20. The Labute approximate surface area is 157 Å². The lowest BCUT2D eigenvalue weighted by Crippen LogP contribution is -2.41. The Bertz CT molecular complexity index is 793. The number of hydrogen-bond acceptors (Lipinski definition) is 3. The zero-order valence-corrected chi connectivity index (χ0v) is 15.1. The van der Waals surface area contributed by atoms with E-state index in [4.69, 9.17) is 16.0 Å². The first-order valence-corrected chi connectivity index (χ1v) is 9.13. The molecule has 26 heavy (non-hydrogen) atoms. The van der Waals surface area contributed by atoms with E-state index in [1.54, 1.807) is 30.3 Å². The van der Waals surface area contributed by atoms with Crippen molar-refractivity contribution in [3.8, 4) is 0 Å². The van der Waals surface area contributed by atoms with Gasteiger partial charge in [0.25, 0.3) is 11.8 Å². The molecule has 0 radical (unpaired) electrons. The number of nitrogens with one attached hydrogen (secondary N) is 2. The SMILES string of the molecule is O=C(NC1CCCCC1)/C(=C/c1ccccc1Cl)NC(=O)c1ccco1. The van der Waals surface area contributed by atoms with E-state index in [1.165, 1.54) is 12.7 Å². The summed E-state index contributed by atoms with van der Waals surface area (Å²) in [4.78, 5) is 25.1. The minimum atomic E-state index is -0.480. The Kier molecular flexibility index (Phi) is 6.12. The van der Waals surface area contributed by atoms with Crippen LogP contribution in [0.4, 0.5) is 0 Å². The van der Waals surface area contributed by atoms with Gasteiger partial charge in [-0.1, -0.05) is 49.1 Å². The summed E-state index contributed by atoms with van der Waals surface area (Å²) in [5.41, 5.74) is 0.799. The van der Waals surface area contributed by atoms with E-state index in [0.717, 1.165) is 25.7 Å². The number of amides is 2. The fourth-order valence-corrected chi connectivity index (χ4v) is 3.20. The zero-order valence-electron chi connectivity index (χ0n) is 14.3. The first kappa shape index (κ1) is 18.3. The van der Waals surface area contributed by atoms with Crippen LogP contribution in [-0.2, 0) is 4.79 Å². The number of halogens is 1. The average molecular weight is 373 g/mol. The third-order valence-electron chi connectivity index (χ3n) is 4.38. The molecular formula is C20H21ClN2O3. The van der Waals surface area contributed by atoms with Gasteiger partial charge in [-0.2, -0.15) is 0 Å². The predicted octanol–water partition coefficient (Wildman–Crippen LogP) is 4.15. The molecule has 136 valence electrons. The average Bonchev–Trinajstić information content (AvgIpc) is 3.18. The normalized spacial score (nSPS) is 15.5. The molecule has 1 aromatic carbocycles. The van der Waals surface area contributed by atoms with Crippen LogP contribution in [-0.4, -0.2) is 17.9 Å². The maximum atomic E-state index is 12.8. The molecule has 1 saturated carbocycles. The first-order chi connectivity index (χ1) is 12.6. The molecule has 2 amide bonds. The topological polar surface area (TPSA) is 71.3 Å². The number of rotatable bonds is 5. The standard InChI is InChI=1S/C20H21ClN2O3/c21-16-10-5-4-7-14(16)13-17(23-20(25)18-11-6-12-26-18)19(24)22-15-8-2-1-3-9-15/h4-7,10-13,15H,1-3,8-9H2,(H,22,24)(H,23,25)/b17-13-. The van der Waals surface area contributed by atoms with Gasteiger partial charge in [0.1, 0.15) is 5.70 Å². The third kappa shape index (κ3) is 4.76. The lowest BCUT2D eigenvalue weighted by atomic mass is 9.95. The summed E-state index contributed by atoms with van der Waals surface area (Å²) in [7, 11) is 0. The van der Waals surface area contributed by atoms with Gasteiger partial charge in [0.15, 0.2) is 5.76 Å². The van der Waals surface area contributed by atoms with Crippen molar-refractivity contribution in [3.63, 3.8) is 0 Å². The van der Waals surface area contributed by atoms with Crippen LogP contribution in [0.1, 0.15) is 48.2 Å². The van der Waals surface area contributed by atoms with Gasteiger partial charge >= 0.3 is 0 Å². The lowest BCUT2D eigenvalue weighted by molar-refractivity contribution is -0.118. The molecule has 0 bridgehead atoms. The van der Waals surface area contributed by atoms with Crippen molar-refractivity contribution in [3.05, 3.63) is 64.7 Å². The van der Waals surface area contributed by atoms with Gasteiger partial charge in [0.05, 0.1) is 6.26 Å². The second kappa shape index (κ2) is 8.72. The molecule has 5 nitrogen and oxygen atoms in total. The highest BCUT2D eigenvalue weighted by Gasteiger charge is 2.21. The second-order valence-electron chi connectivity index (χ2n) is 6.32. The molecule has 1 heterocycles. The van der Waals surface area contributed by atoms with Crippen molar-refractivity contribution in [1.29, 1.82) is 0 Å². The van der Waals surface area contributed by atoms with E-state index < -0.39 is 5.91 Å². The molecule has 0 atom stereocenters. The quantitative estimate of drug-likeness (QED) is 0.774. The van der Waals surface area contributed by atoms with Gasteiger partial charge in [0.2, 0.25) is 0 Å². The molecule has 1 aliphatic carbocycles. The fourth-order valence-electron chi connectivity index (χ4n) is 3.01. The Morgan fingerprint density at radius 1 is 1.08 bits per heavy atom. The van der Waals surface area contributed by atoms with Crippen molar-refractivity contribution < 1.29 is 14.0 Å². The molecule has 6 heteroatoms. The van der Waals surface area contributed by atoms with Gasteiger partial charge in [-0.25, -0.2) is 0 Å². The molecule has 1 aliphatic rings. The highest BCUT2D eigenvalue weighted by molar-refractivity contribution is 6.32. The van der Waals surface area contributed by atoms with Crippen LogP contribution >= 0.6 is 11.6 Å². The maximum absolute atomic E-state index is 12.8. The van der Waals surface area contributed by atoms with Gasteiger partial charge in [0, 0.05) is 11.1 Å². The number of hydrogen-bond donors (Lipinski definition) is 2. The number of benzene rings is 1. The summed E-state index contributed by atoms with van der Waals surface area (Å²) in [5.74, 6) is -0.663. The number of furan rings is 1. The Balaban J connectivity index is 1.81. The predicted molar refractivity (Wildman–Crippen MR) is 101 cm³/mol. The molecular weight excluding hydrogens is 352 g/mol. The molecule has 3 rings (SSSR count). The first-order valence-electron chi connectivity index (χ1n) is 8.75. The van der Waals surface area contributed by atoms with Crippen molar-refractivity contribution >= 4 is 29.5 Å². The van der Waals surface area contributed by atoms with Crippen LogP contribution in [0, 0.1) is 0 Å². The highest BCUT2D eigenvalue weighted by atomic mass is 35.5. The zero-order chi connectivity index (χ0) is 18.4. The van der Waals surface area contributed by atoms with Crippen molar-refractivity contribution in [2.24, 2.45) is 0 Å². The molecule has 0 spiro atoms. The summed E-state index contributed by atoms with van der Waals surface area (Å²) < 4.78 is 5.10. The lowest BCUT2D eigenvalue weighted by Gasteiger charge is -2.23. The van der Waals surface area contributed by atoms with Crippen molar-refractivity contribution in [1.82, 2.24) is 10.6 Å².